The first kappa shape index (κ1) is 12.9. The topological polar surface area (TPSA) is 29.1 Å². The Hall–Kier alpha value is -2.53. The molecule has 0 saturated carbocycles. The van der Waals surface area contributed by atoms with Crippen LogP contribution >= 0.6 is 0 Å². The molecule has 2 heteroatoms. The van der Waals surface area contributed by atoms with Crippen LogP contribution in [0.4, 0.5) is 5.69 Å². The molecule has 2 aromatic rings. The SMILES string of the molecule is CCc1ccc(NC(=O)C#Cc2ccccc2)cc1. The Labute approximate surface area is 113 Å². The number of benzene rings is 2. The van der Waals surface area contributed by atoms with Gasteiger partial charge in [-0.05, 0) is 36.2 Å². The van der Waals surface area contributed by atoms with Crippen molar-refractivity contribution in [2.24, 2.45) is 0 Å². The molecular formula is C17H15NO. The molecule has 0 spiro atoms. The molecule has 94 valence electrons. The summed E-state index contributed by atoms with van der Waals surface area (Å²) in [5, 5.41) is 2.75. The van der Waals surface area contributed by atoms with E-state index in [1.807, 2.05) is 54.6 Å². The quantitative estimate of drug-likeness (QED) is 0.813. The average Bonchev–Trinajstić information content (AvgIpc) is 2.47. The summed E-state index contributed by atoms with van der Waals surface area (Å²) < 4.78 is 0. The van der Waals surface area contributed by atoms with Crippen LogP contribution in [0, 0.1) is 11.8 Å². The fourth-order valence-electron chi connectivity index (χ4n) is 1.64. The van der Waals surface area contributed by atoms with Crippen LogP contribution in [0.3, 0.4) is 0 Å². The third-order valence-corrected chi connectivity index (χ3v) is 2.71. The van der Waals surface area contributed by atoms with Crippen molar-refractivity contribution in [3.8, 4) is 11.8 Å². The molecular weight excluding hydrogens is 234 g/mol. The lowest BCUT2D eigenvalue weighted by molar-refractivity contribution is -0.111. The number of carbonyl (C=O) groups excluding carboxylic acids is 1. The summed E-state index contributed by atoms with van der Waals surface area (Å²) in [5.74, 6) is 5.10. The van der Waals surface area contributed by atoms with E-state index in [4.69, 9.17) is 0 Å². The lowest BCUT2D eigenvalue weighted by Gasteiger charge is -2.01. The molecule has 19 heavy (non-hydrogen) atoms. The van der Waals surface area contributed by atoms with Crippen LogP contribution in [0.15, 0.2) is 54.6 Å². The van der Waals surface area contributed by atoms with Gasteiger partial charge in [-0.1, -0.05) is 43.2 Å². The molecule has 2 aromatic carbocycles. The first-order valence-electron chi connectivity index (χ1n) is 6.25. The predicted molar refractivity (Wildman–Crippen MR) is 77.8 cm³/mol. The number of amides is 1. The molecule has 0 unspecified atom stereocenters. The molecule has 2 nitrogen and oxygen atoms in total. The van der Waals surface area contributed by atoms with Gasteiger partial charge in [-0.2, -0.15) is 0 Å². The van der Waals surface area contributed by atoms with E-state index in [1.165, 1.54) is 5.56 Å². The lowest BCUT2D eigenvalue weighted by atomic mass is 10.1. The van der Waals surface area contributed by atoms with E-state index in [-0.39, 0.29) is 5.91 Å². The molecule has 0 aliphatic carbocycles. The summed E-state index contributed by atoms with van der Waals surface area (Å²) >= 11 is 0. The van der Waals surface area contributed by atoms with Gasteiger partial charge >= 0.3 is 5.91 Å². The molecule has 2 rings (SSSR count). The van der Waals surface area contributed by atoms with Gasteiger partial charge in [0.1, 0.15) is 0 Å². The number of rotatable bonds is 2. The highest BCUT2D eigenvalue weighted by molar-refractivity contribution is 6.04. The van der Waals surface area contributed by atoms with Gasteiger partial charge in [-0.15, -0.1) is 0 Å². The number of aryl methyl sites for hydroxylation is 1. The van der Waals surface area contributed by atoms with Crippen molar-refractivity contribution in [2.75, 3.05) is 5.32 Å². The lowest BCUT2D eigenvalue weighted by Crippen LogP contribution is -2.08. The van der Waals surface area contributed by atoms with E-state index in [9.17, 15) is 4.79 Å². The van der Waals surface area contributed by atoms with Crippen LogP contribution in [0.2, 0.25) is 0 Å². The van der Waals surface area contributed by atoms with E-state index < -0.39 is 0 Å². The molecule has 0 fully saturated rings. The standard InChI is InChI=1S/C17H15NO/c1-2-14-8-11-16(12-9-14)18-17(19)13-10-15-6-4-3-5-7-15/h3-9,11-12H,2H2,1H3,(H,18,19). The molecule has 0 radical (unpaired) electrons. The van der Waals surface area contributed by atoms with Gasteiger partial charge in [-0.25, -0.2) is 0 Å². The highest BCUT2D eigenvalue weighted by atomic mass is 16.1. The fraction of sp³-hybridized carbons (Fsp3) is 0.118. The van der Waals surface area contributed by atoms with Gasteiger partial charge in [0.25, 0.3) is 0 Å². The third-order valence-electron chi connectivity index (χ3n) is 2.71. The van der Waals surface area contributed by atoms with Crippen molar-refractivity contribution >= 4 is 11.6 Å². The molecule has 0 aromatic heterocycles. The van der Waals surface area contributed by atoms with Crippen molar-refractivity contribution in [3.05, 3.63) is 65.7 Å². The smallest absolute Gasteiger partial charge is 0.300 e. The van der Waals surface area contributed by atoms with Gasteiger partial charge in [0.05, 0.1) is 0 Å². The second-order valence-corrected chi connectivity index (χ2v) is 4.12. The van der Waals surface area contributed by atoms with Crippen LogP contribution in [-0.2, 0) is 11.2 Å². The summed E-state index contributed by atoms with van der Waals surface area (Å²) in [7, 11) is 0. The minimum atomic E-state index is -0.298. The number of carbonyl (C=O) groups is 1. The average molecular weight is 249 g/mol. The summed E-state index contributed by atoms with van der Waals surface area (Å²) in [6, 6.07) is 17.2. The first-order valence-corrected chi connectivity index (χ1v) is 6.25. The normalized spacial score (nSPS) is 9.32. The Kier molecular flexibility index (Phi) is 4.36. The highest BCUT2D eigenvalue weighted by Gasteiger charge is 1.97. The summed E-state index contributed by atoms with van der Waals surface area (Å²) in [4.78, 5) is 11.7. The zero-order valence-electron chi connectivity index (χ0n) is 10.8. The Bertz CT molecular complexity index is 603. The van der Waals surface area contributed by atoms with Crippen LogP contribution in [0.1, 0.15) is 18.1 Å². The zero-order valence-corrected chi connectivity index (χ0v) is 10.8. The minimum Gasteiger partial charge on any atom is -0.315 e. The highest BCUT2D eigenvalue weighted by Crippen LogP contribution is 2.09. The second kappa shape index (κ2) is 6.42. The number of nitrogens with one attached hydrogen (secondary N) is 1. The molecule has 0 saturated heterocycles. The molecule has 0 atom stereocenters. The zero-order chi connectivity index (χ0) is 13.5. The minimum absolute atomic E-state index is 0.298. The van der Waals surface area contributed by atoms with Crippen LogP contribution < -0.4 is 5.32 Å². The van der Waals surface area contributed by atoms with Gasteiger partial charge < -0.3 is 5.32 Å². The maximum atomic E-state index is 11.7. The maximum absolute atomic E-state index is 11.7. The molecule has 0 heterocycles. The van der Waals surface area contributed by atoms with E-state index in [0.29, 0.717) is 0 Å². The predicted octanol–water partition coefficient (Wildman–Crippen LogP) is 3.24. The molecule has 0 aliphatic heterocycles. The van der Waals surface area contributed by atoms with E-state index >= 15 is 0 Å². The largest absolute Gasteiger partial charge is 0.315 e. The Balaban J connectivity index is 1.99. The summed E-state index contributed by atoms with van der Waals surface area (Å²) in [5.41, 5.74) is 2.84. The fourth-order valence-corrected chi connectivity index (χ4v) is 1.64. The summed E-state index contributed by atoms with van der Waals surface area (Å²) in [6.07, 6.45) is 0.988. The van der Waals surface area contributed by atoms with E-state index in [1.54, 1.807) is 0 Å². The van der Waals surface area contributed by atoms with E-state index in [2.05, 4.69) is 24.1 Å². The maximum Gasteiger partial charge on any atom is 0.300 e. The Morgan fingerprint density at radius 3 is 2.37 bits per heavy atom. The van der Waals surface area contributed by atoms with Crippen molar-refractivity contribution < 1.29 is 4.79 Å². The second-order valence-electron chi connectivity index (χ2n) is 4.12. The van der Waals surface area contributed by atoms with Crippen molar-refractivity contribution in [2.45, 2.75) is 13.3 Å². The molecule has 0 aliphatic rings. The van der Waals surface area contributed by atoms with Crippen LogP contribution in [0.25, 0.3) is 0 Å². The van der Waals surface area contributed by atoms with Crippen LogP contribution in [-0.4, -0.2) is 5.91 Å². The number of hydrogen-bond acceptors (Lipinski definition) is 1. The van der Waals surface area contributed by atoms with Crippen molar-refractivity contribution in [1.29, 1.82) is 0 Å². The molecule has 0 bridgehead atoms. The number of hydrogen-bond donors (Lipinski definition) is 1. The Morgan fingerprint density at radius 2 is 1.74 bits per heavy atom. The first-order chi connectivity index (χ1) is 9.28. The monoisotopic (exact) mass is 249 g/mol. The molecule has 1 N–H and O–H groups in total. The van der Waals surface area contributed by atoms with Crippen molar-refractivity contribution in [1.82, 2.24) is 0 Å². The molecule has 1 amide bonds. The van der Waals surface area contributed by atoms with Crippen LogP contribution in [0.5, 0.6) is 0 Å². The summed E-state index contributed by atoms with van der Waals surface area (Å²) in [6.45, 7) is 2.10. The van der Waals surface area contributed by atoms with Gasteiger partial charge in [0.15, 0.2) is 0 Å². The van der Waals surface area contributed by atoms with Gasteiger partial charge in [-0.3, -0.25) is 4.79 Å². The third kappa shape index (κ3) is 4.01. The van der Waals surface area contributed by atoms with Gasteiger partial charge in [0.2, 0.25) is 0 Å². The Morgan fingerprint density at radius 1 is 1.05 bits per heavy atom. The number of anilines is 1. The van der Waals surface area contributed by atoms with Gasteiger partial charge in [0, 0.05) is 17.2 Å². The van der Waals surface area contributed by atoms with E-state index in [0.717, 1.165) is 17.7 Å². The van der Waals surface area contributed by atoms with Crippen molar-refractivity contribution in [3.63, 3.8) is 0 Å².